The molecule has 1 saturated heterocycles. The van der Waals surface area contributed by atoms with E-state index < -0.39 is 11.4 Å². The van der Waals surface area contributed by atoms with Crippen LogP contribution in [0.25, 0.3) is 0 Å². The maximum atomic E-state index is 12.4. The predicted octanol–water partition coefficient (Wildman–Crippen LogP) is 1.80. The zero-order valence-corrected chi connectivity index (χ0v) is 13.8. The number of carbonyl (C=O) groups is 2. The maximum absolute atomic E-state index is 12.4. The highest BCUT2D eigenvalue weighted by Crippen LogP contribution is 2.48. The van der Waals surface area contributed by atoms with Gasteiger partial charge in [-0.15, -0.1) is 0 Å². The van der Waals surface area contributed by atoms with Gasteiger partial charge in [-0.05, 0) is 42.9 Å². The Morgan fingerprint density at radius 3 is 2.79 bits per heavy atom. The summed E-state index contributed by atoms with van der Waals surface area (Å²) in [7, 11) is 1.62. The predicted molar refractivity (Wildman–Crippen MR) is 87.0 cm³/mol. The van der Waals surface area contributed by atoms with Crippen LogP contribution in [0.15, 0.2) is 24.3 Å². The van der Waals surface area contributed by atoms with Crippen molar-refractivity contribution in [1.29, 1.82) is 0 Å². The number of ether oxygens (including phenoxy) is 2. The van der Waals surface area contributed by atoms with Crippen LogP contribution in [0.1, 0.15) is 30.7 Å². The minimum Gasteiger partial charge on any atom is -0.497 e. The molecule has 1 saturated carbocycles. The van der Waals surface area contributed by atoms with Crippen molar-refractivity contribution in [3.63, 3.8) is 0 Å². The van der Waals surface area contributed by atoms with E-state index in [1.807, 2.05) is 24.3 Å². The number of amides is 1. The van der Waals surface area contributed by atoms with Crippen LogP contribution in [0.4, 0.5) is 0 Å². The third-order valence-corrected chi connectivity index (χ3v) is 5.15. The lowest BCUT2D eigenvalue weighted by Gasteiger charge is -2.33. The molecule has 0 aromatic heterocycles. The zero-order chi connectivity index (χ0) is 17.2. The first kappa shape index (κ1) is 16.8. The number of methoxy groups -OCH3 is 1. The van der Waals surface area contributed by atoms with E-state index in [-0.39, 0.29) is 24.3 Å². The number of hydrogen-bond acceptors (Lipinski definition) is 4. The molecular weight excluding hydrogens is 310 g/mol. The molecule has 6 nitrogen and oxygen atoms in total. The van der Waals surface area contributed by atoms with E-state index >= 15 is 0 Å². The van der Waals surface area contributed by atoms with Gasteiger partial charge in [-0.3, -0.25) is 9.59 Å². The number of carboxylic acids is 1. The Labute approximate surface area is 141 Å². The van der Waals surface area contributed by atoms with Crippen LogP contribution in [0.3, 0.4) is 0 Å². The van der Waals surface area contributed by atoms with E-state index in [0.717, 1.165) is 17.7 Å². The van der Waals surface area contributed by atoms with Crippen LogP contribution in [0.5, 0.6) is 5.75 Å². The van der Waals surface area contributed by atoms with Gasteiger partial charge in [-0.1, -0.05) is 12.1 Å². The molecule has 0 bridgehead atoms. The standard InChI is InChI=1S/C18H23NO5/c1-23-13-4-2-3-12(9-13)14-10-15(14)16(20)19-11-18(17(21)22)5-7-24-8-6-18/h2-4,9,14-15H,5-8,10-11H2,1H3,(H,19,20)(H,21,22). The first-order valence-corrected chi connectivity index (χ1v) is 8.28. The quantitative estimate of drug-likeness (QED) is 0.829. The smallest absolute Gasteiger partial charge is 0.311 e. The number of carboxylic acid groups (broad SMARTS) is 1. The average molecular weight is 333 g/mol. The summed E-state index contributed by atoms with van der Waals surface area (Å²) in [6, 6.07) is 7.75. The van der Waals surface area contributed by atoms with E-state index in [1.165, 1.54) is 0 Å². The zero-order valence-electron chi connectivity index (χ0n) is 13.8. The van der Waals surface area contributed by atoms with Crippen molar-refractivity contribution in [2.24, 2.45) is 11.3 Å². The fraction of sp³-hybridized carbons (Fsp3) is 0.556. The van der Waals surface area contributed by atoms with Crippen molar-refractivity contribution in [2.75, 3.05) is 26.9 Å². The number of rotatable bonds is 6. The molecule has 2 aliphatic rings. The van der Waals surface area contributed by atoms with E-state index in [4.69, 9.17) is 9.47 Å². The fourth-order valence-electron chi connectivity index (χ4n) is 3.34. The van der Waals surface area contributed by atoms with Gasteiger partial charge >= 0.3 is 5.97 Å². The fourth-order valence-corrected chi connectivity index (χ4v) is 3.34. The van der Waals surface area contributed by atoms with Crippen molar-refractivity contribution in [3.05, 3.63) is 29.8 Å². The van der Waals surface area contributed by atoms with Crippen molar-refractivity contribution in [2.45, 2.75) is 25.2 Å². The van der Waals surface area contributed by atoms with Crippen LogP contribution in [-0.4, -0.2) is 43.9 Å². The average Bonchev–Trinajstić information content (AvgIpc) is 3.41. The van der Waals surface area contributed by atoms with Crippen molar-refractivity contribution in [1.82, 2.24) is 5.32 Å². The normalized spacial score (nSPS) is 24.9. The molecule has 2 N–H and O–H groups in total. The molecule has 6 heteroatoms. The van der Waals surface area contributed by atoms with E-state index in [0.29, 0.717) is 26.1 Å². The Morgan fingerprint density at radius 2 is 2.12 bits per heavy atom. The third-order valence-electron chi connectivity index (χ3n) is 5.15. The molecule has 1 heterocycles. The van der Waals surface area contributed by atoms with Gasteiger partial charge in [0.25, 0.3) is 0 Å². The summed E-state index contributed by atoms with van der Waals surface area (Å²) in [6.45, 7) is 1.03. The van der Waals surface area contributed by atoms with E-state index in [1.54, 1.807) is 7.11 Å². The molecule has 2 unspecified atom stereocenters. The lowest BCUT2D eigenvalue weighted by molar-refractivity contribution is -0.154. The molecule has 1 aliphatic carbocycles. The van der Waals surface area contributed by atoms with Gasteiger partial charge in [0.2, 0.25) is 5.91 Å². The molecule has 1 aromatic carbocycles. The molecule has 1 aromatic rings. The lowest BCUT2D eigenvalue weighted by atomic mass is 9.80. The highest BCUT2D eigenvalue weighted by molar-refractivity contribution is 5.84. The Hall–Kier alpha value is -2.08. The summed E-state index contributed by atoms with van der Waals surface area (Å²) in [5, 5.41) is 12.4. The van der Waals surface area contributed by atoms with E-state index in [2.05, 4.69) is 5.32 Å². The Balaban J connectivity index is 1.57. The summed E-state index contributed by atoms with van der Waals surface area (Å²) >= 11 is 0. The highest BCUT2D eigenvalue weighted by atomic mass is 16.5. The molecule has 0 radical (unpaired) electrons. The Morgan fingerprint density at radius 1 is 1.38 bits per heavy atom. The molecule has 2 atom stereocenters. The first-order valence-electron chi connectivity index (χ1n) is 8.28. The maximum Gasteiger partial charge on any atom is 0.311 e. The molecule has 24 heavy (non-hydrogen) atoms. The van der Waals surface area contributed by atoms with E-state index in [9.17, 15) is 14.7 Å². The second kappa shape index (κ2) is 6.81. The minimum atomic E-state index is -0.895. The molecule has 1 aliphatic heterocycles. The van der Waals surface area contributed by atoms with Gasteiger partial charge in [-0.25, -0.2) is 0 Å². The molecule has 3 rings (SSSR count). The number of carbonyl (C=O) groups excluding carboxylic acids is 1. The summed E-state index contributed by atoms with van der Waals surface area (Å²) in [5.41, 5.74) is 0.197. The van der Waals surface area contributed by atoms with Crippen LogP contribution >= 0.6 is 0 Å². The number of nitrogens with one attached hydrogen (secondary N) is 1. The van der Waals surface area contributed by atoms with Gasteiger partial charge in [0.05, 0.1) is 12.5 Å². The minimum absolute atomic E-state index is 0.0602. The van der Waals surface area contributed by atoms with Gasteiger partial charge in [0.15, 0.2) is 0 Å². The molecule has 1 amide bonds. The summed E-state index contributed by atoms with van der Waals surface area (Å²) in [6.07, 6.45) is 1.67. The van der Waals surface area contributed by atoms with Gasteiger partial charge in [0.1, 0.15) is 5.75 Å². The third kappa shape index (κ3) is 3.38. The Bertz CT molecular complexity index is 624. The van der Waals surface area contributed by atoms with Crippen LogP contribution in [-0.2, 0) is 14.3 Å². The van der Waals surface area contributed by atoms with Crippen LogP contribution < -0.4 is 10.1 Å². The second-order valence-electron chi connectivity index (χ2n) is 6.64. The van der Waals surface area contributed by atoms with Crippen molar-refractivity contribution in [3.8, 4) is 5.75 Å². The second-order valence-corrected chi connectivity index (χ2v) is 6.64. The summed E-state index contributed by atoms with van der Waals surface area (Å²) in [5.74, 6) is -0.0230. The van der Waals surface area contributed by atoms with Gasteiger partial charge < -0.3 is 19.9 Å². The van der Waals surface area contributed by atoms with Crippen LogP contribution in [0.2, 0.25) is 0 Å². The topological polar surface area (TPSA) is 84.9 Å². The first-order chi connectivity index (χ1) is 11.6. The number of benzene rings is 1. The summed E-state index contributed by atoms with van der Waals surface area (Å²) in [4.78, 5) is 24.0. The highest BCUT2D eigenvalue weighted by Gasteiger charge is 2.46. The monoisotopic (exact) mass is 333 g/mol. The Kier molecular flexibility index (Phi) is 4.76. The molecule has 130 valence electrons. The van der Waals surface area contributed by atoms with Crippen molar-refractivity contribution >= 4 is 11.9 Å². The molecular formula is C18H23NO5. The molecule has 2 fully saturated rings. The van der Waals surface area contributed by atoms with Gasteiger partial charge in [-0.2, -0.15) is 0 Å². The number of aliphatic carboxylic acids is 1. The summed E-state index contributed by atoms with van der Waals surface area (Å²) < 4.78 is 10.5. The van der Waals surface area contributed by atoms with Crippen LogP contribution in [0, 0.1) is 11.3 Å². The largest absolute Gasteiger partial charge is 0.497 e. The van der Waals surface area contributed by atoms with Gasteiger partial charge in [0, 0.05) is 25.7 Å². The molecule has 0 spiro atoms. The number of hydrogen-bond donors (Lipinski definition) is 2. The lowest BCUT2D eigenvalue weighted by Crippen LogP contribution is -2.46. The van der Waals surface area contributed by atoms with Crippen molar-refractivity contribution < 1.29 is 24.2 Å². The SMILES string of the molecule is COc1cccc(C2CC2C(=O)NCC2(C(=O)O)CCOCC2)c1.